The number of benzene rings is 3. The van der Waals surface area contributed by atoms with Gasteiger partial charge in [0.1, 0.15) is 28.4 Å². The highest BCUT2D eigenvalue weighted by Gasteiger charge is 2.31. The van der Waals surface area contributed by atoms with E-state index in [0.29, 0.717) is 41.3 Å². The molecule has 0 saturated heterocycles. The van der Waals surface area contributed by atoms with Crippen LogP contribution in [-0.2, 0) is 6.54 Å². The van der Waals surface area contributed by atoms with E-state index in [2.05, 4.69) is 44.1 Å². The predicted molar refractivity (Wildman–Crippen MR) is 195 cm³/mol. The van der Waals surface area contributed by atoms with Crippen LogP contribution in [-0.4, -0.2) is 57.1 Å². The summed E-state index contributed by atoms with van der Waals surface area (Å²) in [6.45, 7) is 11.4. The van der Waals surface area contributed by atoms with E-state index in [0.717, 1.165) is 39.1 Å². The molecule has 1 atom stereocenters. The minimum atomic E-state index is -0.311. The second-order valence-electron chi connectivity index (χ2n) is 12.8. The number of aromatic hydroxyl groups is 3. The quantitative estimate of drug-likeness (QED) is 0.113. The van der Waals surface area contributed by atoms with Gasteiger partial charge in [0.2, 0.25) is 0 Å². The van der Waals surface area contributed by atoms with E-state index in [1.54, 1.807) is 17.4 Å². The number of fused-ring (bicyclic) bond motifs is 3. The van der Waals surface area contributed by atoms with Gasteiger partial charge in [0.15, 0.2) is 11.6 Å². The van der Waals surface area contributed by atoms with Crippen LogP contribution in [0.25, 0.3) is 22.1 Å². The zero-order valence-electron chi connectivity index (χ0n) is 28.3. The molecule has 0 spiro atoms. The van der Waals surface area contributed by atoms with Crippen molar-refractivity contribution in [3.63, 3.8) is 0 Å². The highest BCUT2D eigenvalue weighted by molar-refractivity contribution is 7.15. The molecule has 0 saturated carbocycles. The topological polar surface area (TPSA) is 146 Å². The summed E-state index contributed by atoms with van der Waals surface area (Å²) in [5, 5.41) is 54.0. The van der Waals surface area contributed by atoms with Crippen molar-refractivity contribution < 1.29 is 15.3 Å². The lowest BCUT2D eigenvalue weighted by atomic mass is 9.98. The number of halogens is 1. The van der Waals surface area contributed by atoms with Crippen molar-refractivity contribution in [3.8, 4) is 39.6 Å². The van der Waals surface area contributed by atoms with Gasteiger partial charge in [0.25, 0.3) is 0 Å². The summed E-state index contributed by atoms with van der Waals surface area (Å²) in [5.74, 6) is 1.77. The minimum Gasteiger partial charge on any atom is -0.508 e. The van der Waals surface area contributed by atoms with Crippen LogP contribution < -0.4 is 5.32 Å². The van der Waals surface area contributed by atoms with Crippen LogP contribution in [0, 0.1) is 20.8 Å². The fraction of sp³-hybridized carbons (Fsp3) is 0.270. The molecule has 1 aliphatic rings. The first-order chi connectivity index (χ1) is 24.0. The Balaban J connectivity index is 1.10. The van der Waals surface area contributed by atoms with Gasteiger partial charge in [0.05, 0.1) is 17.0 Å². The monoisotopic (exact) mass is 708 g/mol. The maximum atomic E-state index is 10.6. The highest BCUT2D eigenvalue weighted by atomic mass is 35.5. The largest absolute Gasteiger partial charge is 0.508 e. The lowest BCUT2D eigenvalue weighted by Gasteiger charge is -2.14. The number of aryl methyl sites for hydroxylation is 2. The maximum absolute atomic E-state index is 10.6. The van der Waals surface area contributed by atoms with Crippen molar-refractivity contribution in [1.29, 1.82) is 0 Å². The molecule has 11 nitrogen and oxygen atoms in total. The number of phenolic OH excluding ortho intramolecular Hbond substituents is 2. The van der Waals surface area contributed by atoms with E-state index >= 15 is 0 Å². The summed E-state index contributed by atoms with van der Waals surface area (Å²) in [6, 6.07) is 17.9. The van der Waals surface area contributed by atoms with Crippen LogP contribution in [0.1, 0.15) is 76.6 Å². The van der Waals surface area contributed by atoms with Gasteiger partial charge in [-0.25, -0.2) is 4.57 Å². The SMILES string of the molecule is Cc1sc2c(c1C)C(c1ccc(Cl)cc1)=N[C@@H](CCNCc1ccc(-n3c(O)nnc3-c3cc(C(C)C)c(O)cc3O)cc1)c1nnc(C)n1-2. The first-order valence-corrected chi connectivity index (χ1v) is 17.6. The van der Waals surface area contributed by atoms with Crippen molar-refractivity contribution in [2.45, 2.75) is 59.5 Å². The molecular weight excluding hydrogens is 672 g/mol. The average Bonchev–Trinajstić information content (AvgIpc) is 3.72. The molecule has 1 aliphatic heterocycles. The summed E-state index contributed by atoms with van der Waals surface area (Å²) in [6.07, 6.45) is 0.701. The number of thiophene rings is 1. The first-order valence-electron chi connectivity index (χ1n) is 16.4. The molecule has 0 radical (unpaired) electrons. The van der Waals surface area contributed by atoms with Crippen molar-refractivity contribution in [2.75, 3.05) is 6.54 Å². The fourth-order valence-electron chi connectivity index (χ4n) is 6.35. The van der Waals surface area contributed by atoms with Gasteiger partial charge < -0.3 is 20.6 Å². The summed E-state index contributed by atoms with van der Waals surface area (Å²) in [7, 11) is 0. The number of nitrogens with one attached hydrogen (secondary N) is 1. The van der Waals surface area contributed by atoms with E-state index in [1.807, 2.05) is 69.3 Å². The predicted octanol–water partition coefficient (Wildman–Crippen LogP) is 7.47. The maximum Gasteiger partial charge on any atom is 0.319 e. The van der Waals surface area contributed by atoms with E-state index in [-0.39, 0.29) is 35.3 Å². The average molecular weight is 709 g/mol. The Bertz CT molecular complexity index is 2240. The van der Waals surface area contributed by atoms with Crippen LogP contribution in [0.3, 0.4) is 0 Å². The number of hydrogen-bond acceptors (Lipinski definition) is 10. The lowest BCUT2D eigenvalue weighted by molar-refractivity contribution is 0.420. The number of aromatic nitrogens is 6. The third-order valence-electron chi connectivity index (χ3n) is 9.13. The Hall–Kier alpha value is -5.04. The van der Waals surface area contributed by atoms with Crippen LogP contribution in [0.5, 0.6) is 17.5 Å². The summed E-state index contributed by atoms with van der Waals surface area (Å²) in [4.78, 5) is 6.58. The molecule has 0 aliphatic carbocycles. The van der Waals surface area contributed by atoms with Gasteiger partial charge in [-0.3, -0.25) is 9.56 Å². The van der Waals surface area contributed by atoms with Gasteiger partial charge >= 0.3 is 6.01 Å². The molecule has 13 heteroatoms. The van der Waals surface area contributed by atoms with E-state index in [4.69, 9.17) is 16.6 Å². The highest BCUT2D eigenvalue weighted by Crippen LogP contribution is 2.41. The molecule has 0 unspecified atom stereocenters. The van der Waals surface area contributed by atoms with Crippen molar-refractivity contribution in [1.82, 2.24) is 34.8 Å². The molecule has 0 fully saturated rings. The van der Waals surface area contributed by atoms with Crippen molar-refractivity contribution >= 4 is 28.6 Å². The second kappa shape index (κ2) is 13.3. The zero-order valence-corrected chi connectivity index (χ0v) is 29.9. The third-order valence-corrected chi connectivity index (χ3v) is 10.6. The normalized spacial score (nSPS) is 14.1. The van der Waals surface area contributed by atoms with Gasteiger partial charge in [-0.05, 0) is 86.7 Å². The Morgan fingerprint density at radius 1 is 0.880 bits per heavy atom. The summed E-state index contributed by atoms with van der Waals surface area (Å²) < 4.78 is 3.63. The summed E-state index contributed by atoms with van der Waals surface area (Å²) in [5.41, 5.74) is 6.93. The molecule has 4 N–H and O–H groups in total. The molecule has 256 valence electrons. The Kier molecular flexibility index (Phi) is 8.93. The fourth-order valence-corrected chi connectivity index (χ4v) is 7.69. The van der Waals surface area contributed by atoms with Crippen molar-refractivity contribution in [3.05, 3.63) is 110 Å². The molecule has 3 aromatic heterocycles. The van der Waals surface area contributed by atoms with Crippen molar-refractivity contribution in [2.24, 2.45) is 4.99 Å². The molecule has 3 aromatic carbocycles. The Labute approximate surface area is 298 Å². The van der Waals surface area contributed by atoms with Crippen LogP contribution in [0.2, 0.25) is 5.02 Å². The summed E-state index contributed by atoms with van der Waals surface area (Å²) >= 11 is 7.99. The first kappa shape index (κ1) is 33.5. The van der Waals surface area contributed by atoms with Crippen LogP contribution >= 0.6 is 22.9 Å². The zero-order chi connectivity index (χ0) is 35.3. The smallest absolute Gasteiger partial charge is 0.319 e. The van der Waals surface area contributed by atoms with E-state index in [9.17, 15) is 15.3 Å². The van der Waals surface area contributed by atoms with Gasteiger partial charge in [-0.15, -0.1) is 26.6 Å². The standard InChI is InChI=1S/C37H37ClN8O3S/c1-19(2)27-16-28(31(48)17-30(27)47)34-42-44-37(49)46(34)26-12-6-23(7-13-26)18-39-15-14-29-35-43-41-22(5)45(35)36-32(20(3)21(4)50-36)33(40-29)24-8-10-25(38)11-9-24/h6-13,16-17,19,29,39,47-48H,14-15,18H2,1-5H3,(H,44,49)/t29-/m0/s1. The van der Waals surface area contributed by atoms with Gasteiger partial charge in [-0.2, -0.15) is 0 Å². The molecule has 4 heterocycles. The molecular formula is C37H37ClN8O3S. The lowest BCUT2D eigenvalue weighted by Crippen LogP contribution is -2.18. The molecule has 6 aromatic rings. The van der Waals surface area contributed by atoms with E-state index in [1.165, 1.54) is 21.1 Å². The Morgan fingerprint density at radius 3 is 2.34 bits per heavy atom. The number of nitrogens with zero attached hydrogens (tertiary/aromatic N) is 7. The number of rotatable bonds is 9. The molecule has 7 rings (SSSR count). The van der Waals surface area contributed by atoms with E-state index < -0.39 is 0 Å². The second-order valence-corrected chi connectivity index (χ2v) is 14.4. The number of hydrogen-bond donors (Lipinski definition) is 4. The number of phenols is 2. The number of aliphatic imine (C=N–C) groups is 1. The minimum absolute atomic E-state index is 0.0000829. The van der Waals surface area contributed by atoms with Gasteiger partial charge in [0, 0.05) is 33.6 Å². The van der Waals surface area contributed by atoms with Crippen LogP contribution in [0.4, 0.5) is 0 Å². The molecule has 50 heavy (non-hydrogen) atoms. The molecule has 0 bridgehead atoms. The van der Waals surface area contributed by atoms with Crippen LogP contribution in [0.15, 0.2) is 65.7 Å². The molecule has 0 amide bonds. The Morgan fingerprint density at radius 2 is 1.62 bits per heavy atom. The third kappa shape index (κ3) is 6.03. The van der Waals surface area contributed by atoms with Gasteiger partial charge in [-0.1, -0.05) is 54.8 Å².